The van der Waals surface area contributed by atoms with Gasteiger partial charge in [0.15, 0.2) is 10.8 Å². The topological polar surface area (TPSA) is 89.1 Å². The summed E-state index contributed by atoms with van der Waals surface area (Å²) in [6.07, 6.45) is 8.07. The number of diazo groups is 1. The number of nitrogens with one attached hydrogen (secondary N) is 1. The quantitative estimate of drug-likeness (QED) is 0.424. The van der Waals surface area contributed by atoms with Crippen LogP contribution in [-0.4, -0.2) is 11.4 Å². The van der Waals surface area contributed by atoms with Crippen molar-refractivity contribution in [3.63, 3.8) is 0 Å². The van der Waals surface area contributed by atoms with Gasteiger partial charge < -0.3 is 0 Å². The van der Waals surface area contributed by atoms with Crippen molar-refractivity contribution in [1.29, 1.82) is 10.9 Å². The van der Waals surface area contributed by atoms with Crippen LogP contribution in [0.3, 0.4) is 0 Å². The molecule has 110 valence electrons. The molecule has 2 aliphatic rings. The Hall–Kier alpha value is -2.94. The summed E-state index contributed by atoms with van der Waals surface area (Å²) in [5.74, 6) is 0. The zero-order chi connectivity index (χ0) is 16.3. The third-order valence-corrected chi connectivity index (χ3v) is 3.61. The predicted molar refractivity (Wildman–Crippen MR) is 87.2 cm³/mol. The summed E-state index contributed by atoms with van der Waals surface area (Å²) in [5, 5.41) is 22.2. The lowest BCUT2D eigenvalue weighted by Crippen LogP contribution is -2.10. The van der Waals surface area contributed by atoms with Gasteiger partial charge in [-0.25, -0.2) is 0 Å². The van der Waals surface area contributed by atoms with E-state index in [4.69, 9.17) is 10.9 Å². The molecule has 0 spiro atoms. The summed E-state index contributed by atoms with van der Waals surface area (Å²) in [4.78, 5) is 0. The second-order valence-electron chi connectivity index (χ2n) is 5.31. The highest BCUT2D eigenvalue weighted by Crippen LogP contribution is 2.28. The molecule has 1 N–H and O–H groups in total. The first kappa shape index (κ1) is 15.4. The van der Waals surface area contributed by atoms with Crippen LogP contribution in [0.1, 0.15) is 27.7 Å². The molecule has 0 aromatic heterocycles. The van der Waals surface area contributed by atoms with E-state index in [1.807, 2.05) is 52.0 Å². The fourth-order valence-electron chi connectivity index (χ4n) is 2.66. The van der Waals surface area contributed by atoms with Gasteiger partial charge in [0, 0.05) is 0 Å². The predicted octanol–water partition coefficient (Wildman–Crippen LogP) is 4.69. The Morgan fingerprint density at radius 3 is 1.59 bits per heavy atom. The molecule has 6 heteroatoms. The van der Waals surface area contributed by atoms with Gasteiger partial charge in [-0.05, 0) is 85.4 Å². The number of allylic oxidation sites excluding steroid dienone is 10. The second-order valence-corrected chi connectivity index (χ2v) is 5.31. The van der Waals surface area contributed by atoms with E-state index in [1.165, 1.54) is 0 Å². The summed E-state index contributed by atoms with van der Waals surface area (Å²) in [7, 11) is 0. The van der Waals surface area contributed by atoms with Crippen LogP contribution in [0, 0.1) is 10.9 Å². The second kappa shape index (κ2) is 6.22. The number of hydrogen-bond acceptors (Lipinski definition) is 4. The monoisotopic (exact) mass is 293 g/mol. The highest BCUT2D eigenvalue weighted by Gasteiger charge is 2.19. The van der Waals surface area contributed by atoms with Crippen molar-refractivity contribution in [1.82, 2.24) is 0 Å². The Morgan fingerprint density at radius 2 is 1.23 bits per heavy atom. The zero-order valence-corrected chi connectivity index (χ0v) is 13.0. The minimum atomic E-state index is 0.680. The van der Waals surface area contributed by atoms with Crippen LogP contribution in [0.5, 0.6) is 0 Å². The first-order chi connectivity index (χ1) is 10.5. The number of nitrogens with zero attached hydrogens (tertiary/aromatic N) is 5. The van der Waals surface area contributed by atoms with Crippen LogP contribution in [0.25, 0.3) is 5.08 Å². The van der Waals surface area contributed by atoms with Crippen LogP contribution in [0.2, 0.25) is 0 Å². The Bertz CT molecular complexity index is 743. The van der Waals surface area contributed by atoms with E-state index in [0.717, 1.165) is 39.2 Å². The molecule has 0 aromatic rings. The van der Waals surface area contributed by atoms with Gasteiger partial charge in [0.1, 0.15) is 0 Å². The van der Waals surface area contributed by atoms with Gasteiger partial charge in [-0.1, -0.05) is 5.22 Å². The van der Waals surface area contributed by atoms with Crippen LogP contribution in [-0.2, 0) is 0 Å². The van der Waals surface area contributed by atoms with E-state index in [0.29, 0.717) is 5.71 Å². The minimum absolute atomic E-state index is 0.680. The third-order valence-electron chi connectivity index (χ3n) is 3.61. The molecule has 22 heavy (non-hydrogen) atoms. The van der Waals surface area contributed by atoms with Gasteiger partial charge in [-0.15, -0.1) is 5.10 Å². The molecule has 0 amide bonds. The van der Waals surface area contributed by atoms with Crippen LogP contribution < -0.4 is 0 Å². The Balaban J connectivity index is 2.56. The van der Waals surface area contributed by atoms with Crippen molar-refractivity contribution < 1.29 is 0 Å². The van der Waals surface area contributed by atoms with Gasteiger partial charge in [0.25, 0.3) is 5.39 Å². The fourth-order valence-corrected chi connectivity index (χ4v) is 2.66. The molecular formula is C16H17N6+. The van der Waals surface area contributed by atoms with E-state index in [2.05, 4.69) is 20.5 Å². The molecule has 0 heterocycles. The van der Waals surface area contributed by atoms with Crippen molar-refractivity contribution in [2.75, 3.05) is 0 Å². The summed E-state index contributed by atoms with van der Waals surface area (Å²) in [6.45, 7) is 7.77. The molecule has 0 radical (unpaired) electrons. The van der Waals surface area contributed by atoms with Gasteiger partial charge in [-0.3, -0.25) is 0 Å². The maximum Gasteiger partial charge on any atom is 0.339 e. The fraction of sp³-hybridized carbons (Fsp3) is 0.250. The lowest BCUT2D eigenvalue weighted by molar-refractivity contribution is 0.986. The molecule has 0 aromatic carbocycles. The summed E-state index contributed by atoms with van der Waals surface area (Å²) < 4.78 is 0. The zero-order valence-electron chi connectivity index (χ0n) is 13.0. The molecule has 0 unspecified atom stereocenters. The molecule has 0 atom stereocenters. The third kappa shape index (κ3) is 2.88. The summed E-state index contributed by atoms with van der Waals surface area (Å²) >= 11 is 0. The molecule has 0 bridgehead atoms. The van der Waals surface area contributed by atoms with Crippen LogP contribution >= 0.6 is 0 Å². The van der Waals surface area contributed by atoms with Crippen molar-refractivity contribution in [2.45, 2.75) is 27.7 Å². The van der Waals surface area contributed by atoms with E-state index in [9.17, 15) is 0 Å². The average molecular weight is 293 g/mol. The lowest BCUT2D eigenvalue weighted by Gasteiger charge is -2.17. The molecule has 0 aliphatic heterocycles. The van der Waals surface area contributed by atoms with Gasteiger partial charge >= 0.3 is 5.08 Å². The SMILES string of the molecule is CC1=CC(=C2C=C(C)C(=N[N+]#N)C(C)=C2)C=C(C)C1=NN=N. The van der Waals surface area contributed by atoms with Crippen LogP contribution in [0.4, 0.5) is 0 Å². The highest BCUT2D eigenvalue weighted by atomic mass is 15.3. The van der Waals surface area contributed by atoms with Gasteiger partial charge in [-0.2, -0.15) is 5.53 Å². The van der Waals surface area contributed by atoms with E-state index in [1.54, 1.807) is 0 Å². The van der Waals surface area contributed by atoms with Crippen molar-refractivity contribution >= 4 is 11.4 Å². The van der Waals surface area contributed by atoms with Crippen molar-refractivity contribution in [3.8, 4) is 0 Å². The van der Waals surface area contributed by atoms with Gasteiger partial charge in [0.2, 0.25) is 0 Å². The molecular weight excluding hydrogens is 276 g/mol. The Kier molecular flexibility index (Phi) is 4.37. The van der Waals surface area contributed by atoms with E-state index in [-0.39, 0.29) is 0 Å². The Labute approximate surface area is 129 Å². The lowest BCUT2D eigenvalue weighted by atomic mass is 9.87. The van der Waals surface area contributed by atoms with E-state index >= 15 is 0 Å². The standard InChI is InChI=1S/C16H17N6/c1-9-5-13(6-10(2)15(9)19-21-17)14-7-11(3)16(20-22-18)12(4)8-14/h5-8,17H,1-4H3/q+1. The molecule has 0 saturated heterocycles. The normalized spacial score (nSPS) is 18.0. The van der Waals surface area contributed by atoms with Gasteiger partial charge in [0.05, 0.1) is 5.71 Å². The summed E-state index contributed by atoms with van der Waals surface area (Å²) in [5.41, 5.74) is 14.3. The first-order valence-electron chi connectivity index (χ1n) is 6.83. The maximum absolute atomic E-state index is 8.63. The minimum Gasteiger partial charge on any atom is -0.185 e. The van der Waals surface area contributed by atoms with Crippen molar-refractivity contribution in [3.05, 3.63) is 62.8 Å². The highest BCUT2D eigenvalue weighted by molar-refractivity contribution is 6.15. The van der Waals surface area contributed by atoms with Crippen LogP contribution in [0.15, 0.2) is 73.2 Å². The number of rotatable bonds is 1. The Morgan fingerprint density at radius 1 is 0.818 bits per heavy atom. The average Bonchev–Trinajstić information content (AvgIpc) is 2.46. The largest absolute Gasteiger partial charge is 0.339 e. The molecule has 0 fully saturated rings. The molecule has 2 aliphatic carbocycles. The maximum atomic E-state index is 8.63. The van der Waals surface area contributed by atoms with E-state index < -0.39 is 0 Å². The first-order valence-corrected chi connectivity index (χ1v) is 6.83. The smallest absolute Gasteiger partial charge is 0.185 e. The number of hydrogen-bond donors (Lipinski definition) is 1. The molecule has 6 nitrogen and oxygen atoms in total. The molecule has 0 saturated carbocycles. The summed E-state index contributed by atoms with van der Waals surface area (Å²) in [6, 6.07) is 0. The molecule has 2 rings (SSSR count). The van der Waals surface area contributed by atoms with Crippen molar-refractivity contribution in [2.24, 2.45) is 15.4 Å².